The minimum atomic E-state index is 0.117. The van der Waals surface area contributed by atoms with Gasteiger partial charge in [-0.15, -0.1) is 0 Å². The van der Waals surface area contributed by atoms with E-state index in [-0.39, 0.29) is 11.8 Å². The van der Waals surface area contributed by atoms with Crippen molar-refractivity contribution in [2.24, 2.45) is 5.92 Å². The Morgan fingerprint density at radius 3 is 2.05 bits per heavy atom. The molecule has 4 nitrogen and oxygen atoms in total. The molecule has 0 unspecified atom stereocenters. The third kappa shape index (κ3) is 12.2. The van der Waals surface area contributed by atoms with Crippen LogP contribution in [-0.4, -0.2) is 31.8 Å². The Bertz CT molecular complexity index is 265. The van der Waals surface area contributed by atoms with E-state index >= 15 is 0 Å². The van der Waals surface area contributed by atoms with Gasteiger partial charge in [0.25, 0.3) is 0 Å². The molecule has 118 valence electrons. The maximum Gasteiger partial charge on any atom is 0.219 e. The van der Waals surface area contributed by atoms with Crippen LogP contribution in [0.1, 0.15) is 65.2 Å². The lowest BCUT2D eigenvalue weighted by Gasteiger charge is -2.06. The number of hydrogen-bond acceptors (Lipinski definition) is 3. The van der Waals surface area contributed by atoms with Crippen LogP contribution in [0.5, 0.6) is 0 Å². The molecule has 0 rings (SSSR count). The summed E-state index contributed by atoms with van der Waals surface area (Å²) in [4.78, 5) is 23.0. The maximum absolute atomic E-state index is 11.6. The summed E-state index contributed by atoms with van der Waals surface area (Å²) in [6, 6.07) is 0. The van der Waals surface area contributed by atoms with Crippen molar-refractivity contribution < 1.29 is 9.59 Å². The summed E-state index contributed by atoms with van der Waals surface area (Å²) < 4.78 is 0. The van der Waals surface area contributed by atoms with E-state index in [1.54, 1.807) is 0 Å². The molecule has 0 aliphatic carbocycles. The van der Waals surface area contributed by atoms with E-state index in [4.69, 9.17) is 0 Å². The molecule has 0 heterocycles. The number of amides is 1. The smallest absolute Gasteiger partial charge is 0.219 e. The van der Waals surface area contributed by atoms with E-state index in [0.717, 1.165) is 32.4 Å². The second kappa shape index (κ2) is 13.1. The van der Waals surface area contributed by atoms with E-state index in [0.29, 0.717) is 18.6 Å². The highest BCUT2D eigenvalue weighted by Gasteiger charge is 2.07. The molecule has 1 amide bonds. The number of nitrogens with one attached hydrogen (secondary N) is 2. The summed E-state index contributed by atoms with van der Waals surface area (Å²) in [5.41, 5.74) is 0. The van der Waals surface area contributed by atoms with E-state index < -0.39 is 0 Å². The standard InChI is InChI=1S/C16H32N2O2/c1-14(2)15(19)10-6-7-11-16(20)18-13-9-5-4-8-12-17-3/h14,17H,4-13H2,1-3H3,(H,18,20). The molecule has 0 aliphatic rings. The Labute approximate surface area is 124 Å². The van der Waals surface area contributed by atoms with E-state index in [9.17, 15) is 9.59 Å². The number of hydrogen-bond donors (Lipinski definition) is 2. The zero-order valence-corrected chi connectivity index (χ0v) is 13.5. The van der Waals surface area contributed by atoms with Gasteiger partial charge in [0, 0.05) is 25.3 Å². The number of rotatable bonds is 13. The van der Waals surface area contributed by atoms with Gasteiger partial charge in [0.2, 0.25) is 5.91 Å². The van der Waals surface area contributed by atoms with Gasteiger partial charge in [0.1, 0.15) is 5.78 Å². The van der Waals surface area contributed by atoms with Gasteiger partial charge >= 0.3 is 0 Å². The van der Waals surface area contributed by atoms with Crippen LogP contribution < -0.4 is 10.6 Å². The molecule has 0 aromatic heterocycles. The topological polar surface area (TPSA) is 58.2 Å². The number of ketones is 1. The van der Waals surface area contributed by atoms with Gasteiger partial charge < -0.3 is 10.6 Å². The van der Waals surface area contributed by atoms with Crippen molar-refractivity contribution in [2.75, 3.05) is 20.1 Å². The summed E-state index contributed by atoms with van der Waals surface area (Å²) in [7, 11) is 1.97. The molecular weight excluding hydrogens is 252 g/mol. The average molecular weight is 284 g/mol. The SMILES string of the molecule is CNCCCCCCNC(=O)CCCCC(=O)C(C)C. The number of Topliss-reactive ketones (excluding diaryl/α,β-unsaturated/α-hetero) is 1. The highest BCUT2D eigenvalue weighted by atomic mass is 16.1. The number of carbonyl (C=O) groups is 2. The molecule has 0 aliphatic heterocycles. The van der Waals surface area contributed by atoms with Gasteiger partial charge in [-0.25, -0.2) is 0 Å². The minimum absolute atomic E-state index is 0.117. The van der Waals surface area contributed by atoms with Crippen LogP contribution in [0.25, 0.3) is 0 Å². The van der Waals surface area contributed by atoms with Gasteiger partial charge in [0.15, 0.2) is 0 Å². The molecule has 0 saturated carbocycles. The van der Waals surface area contributed by atoms with Crippen LogP contribution in [0.2, 0.25) is 0 Å². The first kappa shape index (κ1) is 19.1. The summed E-state index contributed by atoms with van der Waals surface area (Å²) in [5, 5.41) is 6.07. The summed E-state index contributed by atoms with van der Waals surface area (Å²) >= 11 is 0. The highest BCUT2D eigenvalue weighted by Crippen LogP contribution is 2.06. The predicted octanol–water partition coefficient (Wildman–Crippen LogP) is 2.67. The van der Waals surface area contributed by atoms with Crippen LogP contribution in [0, 0.1) is 5.92 Å². The zero-order valence-electron chi connectivity index (χ0n) is 13.5. The molecule has 0 aromatic carbocycles. The van der Waals surface area contributed by atoms with Gasteiger partial charge in [-0.2, -0.15) is 0 Å². The van der Waals surface area contributed by atoms with Crippen LogP contribution >= 0.6 is 0 Å². The molecule has 0 atom stereocenters. The summed E-state index contributed by atoms with van der Waals surface area (Å²) in [5.74, 6) is 0.538. The lowest BCUT2D eigenvalue weighted by Crippen LogP contribution is -2.24. The first-order valence-electron chi connectivity index (χ1n) is 8.02. The van der Waals surface area contributed by atoms with Gasteiger partial charge in [0.05, 0.1) is 0 Å². The number of carbonyl (C=O) groups excluding carboxylic acids is 2. The van der Waals surface area contributed by atoms with Crippen LogP contribution in [-0.2, 0) is 9.59 Å². The van der Waals surface area contributed by atoms with Crippen molar-refractivity contribution in [1.82, 2.24) is 10.6 Å². The van der Waals surface area contributed by atoms with Crippen molar-refractivity contribution in [1.29, 1.82) is 0 Å². The van der Waals surface area contributed by atoms with Gasteiger partial charge in [-0.1, -0.05) is 26.7 Å². The Morgan fingerprint density at radius 1 is 0.850 bits per heavy atom. The molecule has 20 heavy (non-hydrogen) atoms. The Hall–Kier alpha value is -0.900. The highest BCUT2D eigenvalue weighted by molar-refractivity contribution is 5.80. The zero-order chi connectivity index (χ0) is 15.2. The van der Waals surface area contributed by atoms with Crippen molar-refractivity contribution in [2.45, 2.75) is 65.2 Å². The molecule has 0 fully saturated rings. The van der Waals surface area contributed by atoms with E-state index in [1.165, 1.54) is 19.3 Å². The van der Waals surface area contributed by atoms with Crippen LogP contribution in [0.15, 0.2) is 0 Å². The second-order valence-corrected chi connectivity index (χ2v) is 5.70. The van der Waals surface area contributed by atoms with Crippen molar-refractivity contribution in [3.05, 3.63) is 0 Å². The van der Waals surface area contributed by atoms with Gasteiger partial charge in [-0.05, 0) is 39.3 Å². The van der Waals surface area contributed by atoms with Crippen molar-refractivity contribution in [3.8, 4) is 0 Å². The lowest BCUT2D eigenvalue weighted by atomic mass is 10.0. The fourth-order valence-electron chi connectivity index (χ4n) is 1.97. The molecule has 0 radical (unpaired) electrons. The number of unbranched alkanes of at least 4 members (excludes halogenated alkanes) is 4. The van der Waals surface area contributed by atoms with Crippen molar-refractivity contribution in [3.63, 3.8) is 0 Å². The third-order valence-electron chi connectivity index (χ3n) is 3.40. The average Bonchev–Trinajstić information content (AvgIpc) is 2.42. The van der Waals surface area contributed by atoms with Gasteiger partial charge in [-0.3, -0.25) is 9.59 Å². The van der Waals surface area contributed by atoms with E-state index in [1.807, 2.05) is 20.9 Å². The molecule has 4 heteroatoms. The quantitative estimate of drug-likeness (QED) is 0.511. The lowest BCUT2D eigenvalue weighted by molar-refractivity contribution is -0.123. The predicted molar refractivity (Wildman–Crippen MR) is 83.7 cm³/mol. The molecule has 0 saturated heterocycles. The van der Waals surface area contributed by atoms with E-state index in [2.05, 4.69) is 10.6 Å². The molecule has 2 N–H and O–H groups in total. The normalized spacial score (nSPS) is 10.8. The molecule has 0 aromatic rings. The Balaban J connectivity index is 3.31. The first-order valence-corrected chi connectivity index (χ1v) is 8.02. The third-order valence-corrected chi connectivity index (χ3v) is 3.40. The fourth-order valence-corrected chi connectivity index (χ4v) is 1.97. The Kier molecular flexibility index (Phi) is 12.5. The van der Waals surface area contributed by atoms with Crippen molar-refractivity contribution >= 4 is 11.7 Å². The Morgan fingerprint density at radius 2 is 1.45 bits per heavy atom. The van der Waals surface area contributed by atoms with Crippen LogP contribution in [0.4, 0.5) is 0 Å². The maximum atomic E-state index is 11.6. The second-order valence-electron chi connectivity index (χ2n) is 5.70. The molecule has 0 spiro atoms. The fraction of sp³-hybridized carbons (Fsp3) is 0.875. The summed E-state index contributed by atoms with van der Waals surface area (Å²) in [6.07, 6.45) is 7.44. The summed E-state index contributed by atoms with van der Waals surface area (Å²) in [6.45, 7) is 5.70. The monoisotopic (exact) mass is 284 g/mol. The molecular formula is C16H32N2O2. The largest absolute Gasteiger partial charge is 0.356 e. The first-order chi connectivity index (χ1) is 9.57. The van der Waals surface area contributed by atoms with Crippen LogP contribution in [0.3, 0.4) is 0 Å². The minimum Gasteiger partial charge on any atom is -0.356 e. The molecule has 0 bridgehead atoms.